The molecule has 0 aliphatic heterocycles. The summed E-state index contributed by atoms with van der Waals surface area (Å²) in [6.45, 7) is 9.45. The smallest absolute Gasteiger partial charge is 0.295 e. The molecule has 96 valence electrons. The zero-order valence-corrected chi connectivity index (χ0v) is 11.1. The molecule has 2 N–H and O–H groups in total. The van der Waals surface area contributed by atoms with Crippen molar-refractivity contribution < 1.29 is 4.74 Å². The average Bonchev–Trinajstić information content (AvgIpc) is 2.24. The summed E-state index contributed by atoms with van der Waals surface area (Å²) in [5.41, 5.74) is -0.0602. The second kappa shape index (κ2) is 5.21. The van der Waals surface area contributed by atoms with Crippen molar-refractivity contribution in [3.63, 3.8) is 0 Å². The Morgan fingerprint density at radius 3 is 2.71 bits per heavy atom. The molecule has 0 bridgehead atoms. The lowest BCUT2D eigenvalue weighted by Gasteiger charge is -2.27. The van der Waals surface area contributed by atoms with E-state index < -0.39 is 0 Å². The first-order chi connectivity index (χ1) is 7.86. The third-order valence-electron chi connectivity index (χ3n) is 3.07. The number of hydrogen-bond acceptors (Lipinski definition) is 4. The van der Waals surface area contributed by atoms with Crippen molar-refractivity contribution in [1.82, 2.24) is 9.97 Å². The summed E-state index contributed by atoms with van der Waals surface area (Å²) in [5.74, 6) is 1.18. The number of aromatic amines is 1. The van der Waals surface area contributed by atoms with E-state index in [1.807, 2.05) is 0 Å². The Morgan fingerprint density at radius 2 is 2.18 bits per heavy atom. The summed E-state index contributed by atoms with van der Waals surface area (Å²) in [6.07, 6.45) is 1.37. The third-order valence-corrected chi connectivity index (χ3v) is 3.07. The predicted molar refractivity (Wildman–Crippen MR) is 68.5 cm³/mol. The van der Waals surface area contributed by atoms with E-state index >= 15 is 0 Å². The molecule has 1 aromatic heterocycles. The summed E-state index contributed by atoms with van der Waals surface area (Å²) in [6, 6.07) is 0. The minimum absolute atomic E-state index is 0.210. The Hall–Kier alpha value is -1.52. The van der Waals surface area contributed by atoms with E-state index in [0.29, 0.717) is 11.7 Å². The molecule has 0 aliphatic carbocycles. The highest BCUT2D eigenvalue weighted by molar-refractivity contribution is 5.47. The average molecular weight is 239 g/mol. The molecule has 0 amide bonds. The number of anilines is 1. The van der Waals surface area contributed by atoms with Gasteiger partial charge < -0.3 is 15.0 Å². The van der Waals surface area contributed by atoms with Gasteiger partial charge >= 0.3 is 0 Å². The quantitative estimate of drug-likeness (QED) is 0.841. The molecule has 0 radical (unpaired) electrons. The number of nitrogens with one attached hydrogen (secondary N) is 2. The maximum Gasteiger partial charge on any atom is 0.295 e. The van der Waals surface area contributed by atoms with Crippen LogP contribution in [0.2, 0.25) is 0 Å². The lowest BCUT2D eigenvalue weighted by atomic mass is 9.82. The monoisotopic (exact) mass is 239 g/mol. The number of ether oxygens (including phenoxy) is 1. The number of nitrogens with zero attached hydrogens (tertiary/aromatic N) is 1. The number of H-pyrrole nitrogens is 1. The summed E-state index contributed by atoms with van der Waals surface area (Å²) >= 11 is 0. The van der Waals surface area contributed by atoms with Crippen LogP contribution >= 0.6 is 0 Å². The van der Waals surface area contributed by atoms with Gasteiger partial charge in [0, 0.05) is 6.54 Å². The van der Waals surface area contributed by atoms with Crippen LogP contribution in [0.15, 0.2) is 11.1 Å². The molecule has 1 aromatic rings. The Bertz CT molecular complexity index is 420. The maximum absolute atomic E-state index is 11.5. The van der Waals surface area contributed by atoms with Gasteiger partial charge in [0.2, 0.25) is 5.75 Å². The summed E-state index contributed by atoms with van der Waals surface area (Å²) < 4.78 is 5.03. The molecule has 17 heavy (non-hydrogen) atoms. The standard InChI is InChI=1S/C12H21N3O2/c1-8(12(2,3)4)6-13-10-9(17-5)11(16)15-7-14-10/h7-8H,6H2,1-5H3,(H2,13,14,15,16). The highest BCUT2D eigenvalue weighted by atomic mass is 16.5. The van der Waals surface area contributed by atoms with Gasteiger partial charge in [-0.05, 0) is 11.3 Å². The summed E-state index contributed by atoms with van der Waals surface area (Å²) in [4.78, 5) is 18.0. The van der Waals surface area contributed by atoms with Gasteiger partial charge in [0.15, 0.2) is 5.82 Å². The van der Waals surface area contributed by atoms with Crippen LogP contribution in [0.25, 0.3) is 0 Å². The fourth-order valence-corrected chi connectivity index (χ4v) is 1.26. The summed E-state index contributed by atoms with van der Waals surface area (Å²) in [7, 11) is 1.46. The molecule has 0 fully saturated rings. The van der Waals surface area contributed by atoms with E-state index in [1.165, 1.54) is 13.4 Å². The number of aromatic nitrogens is 2. The van der Waals surface area contributed by atoms with Crippen molar-refractivity contribution in [2.24, 2.45) is 11.3 Å². The first-order valence-corrected chi connectivity index (χ1v) is 5.71. The molecule has 0 saturated carbocycles. The SMILES string of the molecule is COc1c(NCC(C)C(C)(C)C)nc[nH]c1=O. The van der Waals surface area contributed by atoms with Crippen LogP contribution in [0.1, 0.15) is 27.7 Å². The van der Waals surface area contributed by atoms with Gasteiger partial charge in [-0.1, -0.05) is 27.7 Å². The zero-order valence-electron chi connectivity index (χ0n) is 11.1. The van der Waals surface area contributed by atoms with E-state index in [4.69, 9.17) is 4.74 Å². The number of hydrogen-bond donors (Lipinski definition) is 2. The minimum atomic E-state index is -0.270. The van der Waals surface area contributed by atoms with Crippen molar-refractivity contribution in [2.45, 2.75) is 27.7 Å². The highest BCUT2D eigenvalue weighted by Crippen LogP contribution is 2.26. The molecule has 0 aromatic carbocycles. The fraction of sp³-hybridized carbons (Fsp3) is 0.667. The van der Waals surface area contributed by atoms with Crippen LogP contribution in [-0.2, 0) is 0 Å². The van der Waals surface area contributed by atoms with Gasteiger partial charge in [-0.25, -0.2) is 4.98 Å². The number of rotatable bonds is 4. The molecule has 0 saturated heterocycles. The van der Waals surface area contributed by atoms with Crippen molar-refractivity contribution in [3.8, 4) is 5.75 Å². The molecule has 1 unspecified atom stereocenters. The minimum Gasteiger partial charge on any atom is -0.489 e. The first kappa shape index (κ1) is 13.5. The topological polar surface area (TPSA) is 67.0 Å². The fourth-order valence-electron chi connectivity index (χ4n) is 1.26. The molecule has 5 nitrogen and oxygen atoms in total. The van der Waals surface area contributed by atoms with E-state index in [9.17, 15) is 4.79 Å². The largest absolute Gasteiger partial charge is 0.489 e. The lowest BCUT2D eigenvalue weighted by molar-refractivity contribution is 0.274. The molecular weight excluding hydrogens is 218 g/mol. The molecule has 5 heteroatoms. The van der Waals surface area contributed by atoms with Crippen LogP contribution in [0.3, 0.4) is 0 Å². The Labute approximate surface area is 102 Å². The van der Waals surface area contributed by atoms with Gasteiger partial charge in [0.05, 0.1) is 13.4 Å². The first-order valence-electron chi connectivity index (χ1n) is 5.71. The van der Waals surface area contributed by atoms with Gasteiger partial charge in [0.25, 0.3) is 5.56 Å². The second-order valence-corrected chi connectivity index (χ2v) is 5.26. The number of methoxy groups -OCH3 is 1. The second-order valence-electron chi connectivity index (χ2n) is 5.26. The maximum atomic E-state index is 11.5. The van der Waals surface area contributed by atoms with E-state index in [-0.39, 0.29) is 16.7 Å². The molecule has 1 rings (SSSR count). The Morgan fingerprint density at radius 1 is 1.53 bits per heavy atom. The highest BCUT2D eigenvalue weighted by Gasteiger charge is 2.20. The third kappa shape index (κ3) is 3.47. The van der Waals surface area contributed by atoms with Gasteiger partial charge in [-0.15, -0.1) is 0 Å². The van der Waals surface area contributed by atoms with E-state index in [1.54, 1.807) is 0 Å². The molecule has 1 atom stereocenters. The van der Waals surface area contributed by atoms with Crippen LogP contribution in [0.5, 0.6) is 5.75 Å². The zero-order chi connectivity index (χ0) is 13.1. The van der Waals surface area contributed by atoms with Crippen LogP contribution in [0.4, 0.5) is 5.82 Å². The summed E-state index contributed by atoms with van der Waals surface area (Å²) in [5, 5.41) is 3.16. The van der Waals surface area contributed by atoms with Gasteiger partial charge in [-0.3, -0.25) is 4.79 Å². The predicted octanol–water partition coefficient (Wildman–Crippen LogP) is 1.87. The van der Waals surface area contributed by atoms with Crippen LogP contribution in [0, 0.1) is 11.3 Å². The molecule has 1 heterocycles. The molecule has 0 aliphatic rings. The van der Waals surface area contributed by atoms with Gasteiger partial charge in [0.1, 0.15) is 0 Å². The van der Waals surface area contributed by atoms with E-state index in [2.05, 4.69) is 43.0 Å². The molecule has 0 spiro atoms. The van der Waals surface area contributed by atoms with Crippen molar-refractivity contribution in [2.75, 3.05) is 19.0 Å². The van der Waals surface area contributed by atoms with E-state index in [0.717, 1.165) is 6.54 Å². The van der Waals surface area contributed by atoms with Crippen molar-refractivity contribution in [1.29, 1.82) is 0 Å². The lowest BCUT2D eigenvalue weighted by Crippen LogP contribution is -2.26. The normalized spacial score (nSPS) is 13.2. The Kier molecular flexibility index (Phi) is 4.15. The van der Waals surface area contributed by atoms with Crippen molar-refractivity contribution >= 4 is 5.82 Å². The van der Waals surface area contributed by atoms with Crippen molar-refractivity contribution in [3.05, 3.63) is 16.7 Å². The van der Waals surface area contributed by atoms with Gasteiger partial charge in [-0.2, -0.15) is 0 Å². The molecular formula is C12H21N3O2. The van der Waals surface area contributed by atoms with Crippen LogP contribution in [-0.4, -0.2) is 23.6 Å². The Balaban J connectivity index is 2.77. The van der Waals surface area contributed by atoms with Crippen LogP contribution < -0.4 is 15.6 Å².